The van der Waals surface area contributed by atoms with E-state index in [-0.39, 0.29) is 110 Å². The average Bonchev–Trinajstić information content (AvgIpc) is 4.45. The number of fused-ring (bicyclic) bond motifs is 10. The molecule has 32 atom stereocenters. The maximum absolute atomic E-state index is 14.6. The van der Waals surface area contributed by atoms with Gasteiger partial charge in [0, 0.05) is 70.1 Å². The van der Waals surface area contributed by atoms with Crippen LogP contribution in [-0.4, -0.2) is 203 Å². The van der Waals surface area contributed by atoms with Gasteiger partial charge in [-0.3, -0.25) is 4.79 Å². The first-order chi connectivity index (χ1) is 38.3. The molecule has 0 aliphatic carbocycles. The van der Waals surface area contributed by atoms with Crippen LogP contribution in [0.3, 0.4) is 0 Å². The predicted octanol–water partition coefficient (Wildman–Crippen LogP) is 4.25. The summed E-state index contributed by atoms with van der Waals surface area (Å²) in [4.78, 5) is 14.6. The molecule has 0 amide bonds. The lowest BCUT2D eigenvalue weighted by atomic mass is 9.79. The van der Waals surface area contributed by atoms with Crippen LogP contribution in [0.4, 0.5) is 0 Å². The SMILES string of the molecule is C=C1C[C@@H]2CC[C@@]34C[C@H]5O[C@H]6[C@@H](O3)[C@H]3O[C@H](CC[C@@H]3O[C@@]6(O)[C@H]5O4)CC(=O)O[C@@H]3[C@@H](C)[C@@H]4O[C@@H]5C[C@]6(C[C@@H]7O[C@]8(C[C@H](C)[C@@H]9O[C@H]([C@@H](O)C[C@@H](O)CO)C[C@@H]9O8)C[C@H](C)[C@@H]7O6)O[C@@H]5C[C@@H]4O[C@H]3C[C@H]3O[C@@H](CC[C@@H]1O2)C[C@@H](C)C3=C. The van der Waals surface area contributed by atoms with Gasteiger partial charge in [0.25, 0.3) is 0 Å². The van der Waals surface area contributed by atoms with Gasteiger partial charge >= 0.3 is 5.97 Å². The molecule has 4 N–H and O–H groups in total. The van der Waals surface area contributed by atoms with Crippen molar-refractivity contribution in [2.45, 2.75) is 313 Å². The van der Waals surface area contributed by atoms with Crippen molar-refractivity contribution in [2.24, 2.45) is 23.7 Å². The third kappa shape index (κ3) is 9.23. The van der Waals surface area contributed by atoms with Crippen molar-refractivity contribution in [1.82, 2.24) is 0 Å². The second kappa shape index (κ2) is 20.2. The number of rotatable bonds is 4. The van der Waals surface area contributed by atoms with Crippen LogP contribution >= 0.6 is 0 Å². The Kier molecular flexibility index (Phi) is 13.8. The van der Waals surface area contributed by atoms with Gasteiger partial charge in [-0.1, -0.05) is 40.9 Å². The highest BCUT2D eigenvalue weighted by Crippen LogP contribution is 2.59. The molecule has 3 spiro atoms. The number of carbonyl (C=O) groups excluding carboxylic acids is 1. The van der Waals surface area contributed by atoms with E-state index in [9.17, 15) is 25.2 Å². The zero-order chi connectivity index (χ0) is 54.9. The lowest BCUT2D eigenvalue weighted by Gasteiger charge is -2.51. The second-order valence-corrected chi connectivity index (χ2v) is 27.7. The van der Waals surface area contributed by atoms with Crippen LogP contribution in [-0.2, 0) is 75.8 Å². The number of aliphatic hydroxyl groups is 4. The summed E-state index contributed by atoms with van der Waals surface area (Å²) < 4.78 is 103. The molecule has 20 nitrogen and oxygen atoms in total. The van der Waals surface area contributed by atoms with E-state index in [1.54, 1.807) is 0 Å². The molecule has 0 aromatic rings. The maximum atomic E-state index is 14.6. The predicted molar refractivity (Wildman–Crippen MR) is 275 cm³/mol. The molecule has 0 aromatic heterocycles. The number of hydrogen-bond donors (Lipinski definition) is 4. The summed E-state index contributed by atoms with van der Waals surface area (Å²) in [5.74, 6) is -4.78. The Morgan fingerprint density at radius 1 is 0.537 bits per heavy atom. The highest BCUT2D eigenvalue weighted by atomic mass is 16.8. The molecule has 16 saturated heterocycles. The Morgan fingerprint density at radius 3 is 2.09 bits per heavy atom. The number of hydrogen-bond acceptors (Lipinski definition) is 20. The highest BCUT2D eigenvalue weighted by molar-refractivity contribution is 5.70. The second-order valence-electron chi connectivity index (χ2n) is 27.7. The molecule has 16 fully saturated rings. The molecular weight excluding hydrogens is 1040 g/mol. The van der Waals surface area contributed by atoms with E-state index in [1.807, 2.05) is 0 Å². The highest BCUT2D eigenvalue weighted by Gasteiger charge is 2.76. The van der Waals surface area contributed by atoms with Crippen molar-refractivity contribution >= 4 is 5.97 Å². The molecule has 16 rings (SSSR count). The summed E-state index contributed by atoms with van der Waals surface area (Å²) in [5, 5.41) is 42.5. The molecule has 12 bridgehead atoms. The zero-order valence-electron chi connectivity index (χ0n) is 46.8. The molecule has 0 radical (unpaired) electrons. The van der Waals surface area contributed by atoms with E-state index in [0.717, 1.165) is 36.8 Å². The van der Waals surface area contributed by atoms with Gasteiger partial charge in [0.05, 0.1) is 129 Å². The minimum absolute atomic E-state index is 0.000884. The molecule has 16 aliphatic heterocycles. The average molecular weight is 1130 g/mol. The Balaban J connectivity index is 0.658. The fourth-order valence-electron chi connectivity index (χ4n) is 18.2. The summed E-state index contributed by atoms with van der Waals surface area (Å²) in [7, 11) is 0. The summed E-state index contributed by atoms with van der Waals surface area (Å²) in [6.07, 6.45) is -1.11. The van der Waals surface area contributed by atoms with Crippen molar-refractivity contribution in [3.63, 3.8) is 0 Å². The Hall–Kier alpha value is -1.77. The quantitative estimate of drug-likeness (QED) is 0.228. The monoisotopic (exact) mass is 1130 g/mol. The largest absolute Gasteiger partial charge is 0.459 e. The van der Waals surface area contributed by atoms with E-state index in [2.05, 4.69) is 40.9 Å². The maximum Gasteiger partial charge on any atom is 0.308 e. The van der Waals surface area contributed by atoms with Gasteiger partial charge in [0.1, 0.15) is 30.5 Å². The van der Waals surface area contributed by atoms with Gasteiger partial charge in [0.2, 0.25) is 5.79 Å². The Morgan fingerprint density at radius 2 is 1.25 bits per heavy atom. The Labute approximate surface area is 468 Å². The molecule has 446 valence electrons. The third-order valence-corrected chi connectivity index (χ3v) is 22.0. The van der Waals surface area contributed by atoms with Gasteiger partial charge in [0.15, 0.2) is 17.4 Å². The van der Waals surface area contributed by atoms with Crippen LogP contribution in [0.25, 0.3) is 0 Å². The van der Waals surface area contributed by atoms with Gasteiger partial charge in [-0.2, -0.15) is 0 Å². The Bertz CT molecular complexity index is 2400. The first-order valence-electron chi connectivity index (χ1n) is 30.9. The van der Waals surface area contributed by atoms with E-state index >= 15 is 0 Å². The van der Waals surface area contributed by atoms with Crippen LogP contribution in [0.5, 0.6) is 0 Å². The van der Waals surface area contributed by atoms with Crippen LogP contribution in [0.15, 0.2) is 24.3 Å². The van der Waals surface area contributed by atoms with Crippen molar-refractivity contribution in [3.8, 4) is 0 Å². The fourth-order valence-corrected chi connectivity index (χ4v) is 18.2. The van der Waals surface area contributed by atoms with Crippen LogP contribution < -0.4 is 0 Å². The fraction of sp³-hybridized carbons (Fsp3) is 0.917. The molecule has 16 heterocycles. The number of carbonyl (C=O) groups is 1. The van der Waals surface area contributed by atoms with Crippen LogP contribution in [0, 0.1) is 23.7 Å². The summed E-state index contributed by atoms with van der Waals surface area (Å²) in [6, 6.07) is 0. The smallest absolute Gasteiger partial charge is 0.308 e. The van der Waals surface area contributed by atoms with Gasteiger partial charge in [-0.25, -0.2) is 0 Å². The lowest BCUT2D eigenvalue weighted by Crippen LogP contribution is -2.67. The van der Waals surface area contributed by atoms with E-state index in [4.69, 9.17) is 71.1 Å². The van der Waals surface area contributed by atoms with Crippen molar-refractivity contribution < 1.29 is 96.3 Å². The minimum Gasteiger partial charge on any atom is -0.459 e. The van der Waals surface area contributed by atoms with Crippen LogP contribution in [0.2, 0.25) is 0 Å². The lowest BCUT2D eigenvalue weighted by molar-refractivity contribution is -0.349. The number of ether oxygens (including phenoxy) is 15. The van der Waals surface area contributed by atoms with Gasteiger partial charge in [-0.05, 0) is 73.8 Å². The first-order valence-corrected chi connectivity index (χ1v) is 30.9. The zero-order valence-corrected chi connectivity index (χ0v) is 46.8. The van der Waals surface area contributed by atoms with Gasteiger partial charge < -0.3 is 91.5 Å². The summed E-state index contributed by atoms with van der Waals surface area (Å²) >= 11 is 0. The normalized spacial score (nSPS) is 57.6. The topological polar surface area (TPSA) is 236 Å². The number of esters is 1. The first kappa shape index (κ1) is 54.9. The van der Waals surface area contributed by atoms with E-state index in [1.165, 1.54) is 0 Å². The molecular formula is C60H86O20. The molecule has 0 aromatic carbocycles. The standard InChI is InChI=1S/C60H86O20/c1-26-13-33-7-9-37-27(2)14-35(66-37)11-12-57-24-47-55(80-57)60(65)56(72-47)54(79-57)53-38(77-60)10-8-34(68-53)16-48(64)73-52-31(6)51-43(69-42(52)17-39(67-33)30(26)5)19-41-45(71-51)22-59(74-41)23-46-50(78-59)29(4)21-58(76-46)20-28(3)49-44(75-58)18-40(70-49)36(63)15-32(62)25-61/h26,28-29,31-47,49-56,61-63,65H,2,5,7-25H2,1,3-4,6H3/t26-,28+,29+,31+,32-,33+,34-,35+,36+,37+,38+,39-,40+,41-,42+,43+,44+,45-,46+,47-,49+,50+,51+,52-,53+,54+,55+,56+,57-,58-,59+,60+/m1/s1. The molecule has 0 unspecified atom stereocenters. The third-order valence-electron chi connectivity index (χ3n) is 22.0. The summed E-state index contributed by atoms with van der Waals surface area (Å²) in [6.45, 7) is 17.3. The molecule has 80 heavy (non-hydrogen) atoms. The molecule has 16 aliphatic rings. The van der Waals surface area contributed by atoms with E-state index in [0.29, 0.717) is 77.0 Å². The van der Waals surface area contributed by atoms with Crippen molar-refractivity contribution in [3.05, 3.63) is 24.3 Å². The molecule has 0 saturated carbocycles. The van der Waals surface area contributed by atoms with Crippen molar-refractivity contribution in [1.29, 1.82) is 0 Å². The molecule has 20 heteroatoms. The van der Waals surface area contributed by atoms with Crippen molar-refractivity contribution in [2.75, 3.05) is 6.61 Å². The van der Waals surface area contributed by atoms with Crippen LogP contribution in [0.1, 0.15) is 143 Å². The van der Waals surface area contributed by atoms with E-state index < -0.39 is 109 Å². The summed E-state index contributed by atoms with van der Waals surface area (Å²) in [5.41, 5.74) is 2.09. The minimum atomic E-state index is -1.68. The van der Waals surface area contributed by atoms with Gasteiger partial charge in [-0.15, -0.1) is 0 Å². The number of aliphatic hydroxyl groups excluding tert-OH is 3.